The average Bonchev–Trinajstić information content (AvgIpc) is 2.70. The molecule has 0 bridgehead atoms. The van der Waals surface area contributed by atoms with Crippen molar-refractivity contribution in [3.8, 4) is 11.5 Å². The van der Waals surface area contributed by atoms with Crippen LogP contribution in [0.4, 0.5) is 5.69 Å². The van der Waals surface area contributed by atoms with Crippen molar-refractivity contribution >= 4 is 16.8 Å². The Morgan fingerprint density at radius 1 is 1.11 bits per heavy atom. The summed E-state index contributed by atoms with van der Waals surface area (Å²) in [6.45, 7) is -0.591. The lowest BCUT2D eigenvalue weighted by atomic mass is 9.99. The highest BCUT2D eigenvalue weighted by Crippen LogP contribution is 2.26. The van der Waals surface area contributed by atoms with Crippen LogP contribution in [0.2, 0.25) is 0 Å². The summed E-state index contributed by atoms with van der Waals surface area (Å²) in [7, 11) is 0. The minimum Gasteiger partial charge on any atom is -0.453 e. The van der Waals surface area contributed by atoms with Crippen LogP contribution in [0.1, 0.15) is 0 Å². The third-order valence-electron chi connectivity index (χ3n) is 4.52. The molecule has 0 spiro atoms. The molecule has 2 aliphatic heterocycles. The van der Waals surface area contributed by atoms with Crippen molar-refractivity contribution in [1.29, 1.82) is 0 Å². The molecule has 5 atom stereocenters. The van der Waals surface area contributed by atoms with E-state index in [4.69, 9.17) is 14.0 Å². The summed E-state index contributed by atoms with van der Waals surface area (Å²) in [4.78, 5) is 21.9. The Bertz CT molecular complexity index is 1010. The second-order valence-electron chi connectivity index (χ2n) is 6.41. The summed E-state index contributed by atoms with van der Waals surface area (Å²) in [5.74, 6) is 0.294. The van der Waals surface area contributed by atoms with Crippen LogP contribution in [-0.2, 0) is 9.57 Å². The van der Waals surface area contributed by atoms with E-state index in [9.17, 15) is 25.2 Å². The van der Waals surface area contributed by atoms with Crippen LogP contribution in [0.3, 0.4) is 0 Å². The second kappa shape index (κ2) is 7.43. The third kappa shape index (κ3) is 3.33. The molecule has 3 aliphatic rings. The smallest absolute Gasteiger partial charge is 0.212 e. The van der Waals surface area contributed by atoms with Gasteiger partial charge in [-0.15, -0.1) is 0 Å². The van der Waals surface area contributed by atoms with E-state index >= 15 is 0 Å². The molecule has 1 aliphatic carbocycles. The van der Waals surface area contributed by atoms with Crippen LogP contribution >= 0.6 is 0 Å². The number of aliphatic hydroxyl groups excluding tert-OH is 4. The molecule has 2 heterocycles. The largest absolute Gasteiger partial charge is 0.453 e. The fraction of sp³-hybridized carbons (Fsp3) is 0.333. The summed E-state index contributed by atoms with van der Waals surface area (Å²) in [5, 5.41) is 38.7. The molecular weight excluding hydrogens is 372 g/mol. The van der Waals surface area contributed by atoms with Gasteiger partial charge < -0.3 is 29.6 Å². The molecule has 1 saturated heterocycles. The number of aromatic nitrogens is 1. The molecule has 0 amide bonds. The number of benzene rings is 2. The van der Waals surface area contributed by atoms with Crippen molar-refractivity contribution < 1.29 is 34.4 Å². The minimum atomic E-state index is -1.60. The molecule has 0 unspecified atom stereocenters. The molecule has 148 valence electrons. The standard InChI is InChI=1S/C18H18N2O8/c21-7-14-15(23)16(24)17(25)18(27-14)28-20-9-5-10-13(6-11(9)22)26-12-4-2-1-3-8(12)19-10/h1-6,14-18,20-21,23-25H,7H2/t14-,15-,16+,17-,18+/m1/s1. The molecule has 28 heavy (non-hydrogen) atoms. The number of aliphatic hydroxyl groups is 4. The van der Waals surface area contributed by atoms with E-state index in [2.05, 4.69) is 10.5 Å². The Kier molecular flexibility index (Phi) is 4.98. The maximum Gasteiger partial charge on any atom is 0.212 e. The normalized spacial score (nSPS) is 27.9. The van der Waals surface area contributed by atoms with Gasteiger partial charge in [-0.2, -0.15) is 0 Å². The van der Waals surface area contributed by atoms with Gasteiger partial charge in [0.25, 0.3) is 0 Å². The zero-order chi connectivity index (χ0) is 19.8. The lowest BCUT2D eigenvalue weighted by Crippen LogP contribution is -2.59. The number of rotatable bonds is 4. The third-order valence-corrected chi connectivity index (χ3v) is 4.52. The highest BCUT2D eigenvalue weighted by Gasteiger charge is 2.44. The molecule has 1 aromatic rings. The van der Waals surface area contributed by atoms with Crippen LogP contribution in [0, 0.1) is 0 Å². The van der Waals surface area contributed by atoms with Crippen LogP contribution in [0.15, 0.2) is 45.6 Å². The molecule has 4 rings (SSSR count). The van der Waals surface area contributed by atoms with Crippen molar-refractivity contribution in [2.24, 2.45) is 0 Å². The van der Waals surface area contributed by atoms with Gasteiger partial charge in [0, 0.05) is 6.07 Å². The molecular formula is C18H18N2O8. The van der Waals surface area contributed by atoms with Gasteiger partial charge in [-0.3, -0.25) is 10.3 Å². The zero-order valence-electron chi connectivity index (χ0n) is 14.4. The van der Waals surface area contributed by atoms with Gasteiger partial charge in [0.15, 0.2) is 11.3 Å². The van der Waals surface area contributed by atoms with Crippen molar-refractivity contribution in [2.75, 3.05) is 12.1 Å². The first-order valence-electron chi connectivity index (χ1n) is 8.54. The lowest BCUT2D eigenvalue weighted by Gasteiger charge is -2.39. The van der Waals surface area contributed by atoms with Gasteiger partial charge in [0.2, 0.25) is 11.7 Å². The monoisotopic (exact) mass is 390 g/mol. The van der Waals surface area contributed by atoms with E-state index < -0.39 is 42.7 Å². The molecule has 0 radical (unpaired) electrons. The maximum atomic E-state index is 12.3. The lowest BCUT2D eigenvalue weighted by molar-refractivity contribution is -0.294. The number of fused-ring (bicyclic) bond motifs is 2. The van der Waals surface area contributed by atoms with Gasteiger partial charge in [-0.1, -0.05) is 12.1 Å². The number of nitrogens with zero attached hydrogens (tertiary/aromatic N) is 1. The number of hydrogen-bond donors (Lipinski definition) is 5. The predicted octanol–water partition coefficient (Wildman–Crippen LogP) is -0.564. The van der Waals surface area contributed by atoms with Crippen LogP contribution in [0.25, 0.3) is 22.6 Å². The first kappa shape index (κ1) is 18.7. The van der Waals surface area contributed by atoms with Crippen LogP contribution in [-0.4, -0.2) is 62.7 Å². The molecule has 1 fully saturated rings. The summed E-state index contributed by atoms with van der Waals surface area (Å²) in [6.07, 6.45) is -7.25. The van der Waals surface area contributed by atoms with E-state index in [1.54, 1.807) is 24.3 Å². The minimum absolute atomic E-state index is 0.00226. The van der Waals surface area contributed by atoms with E-state index in [0.29, 0.717) is 22.6 Å². The molecule has 0 aromatic heterocycles. The Hall–Kier alpha value is -2.60. The highest BCUT2D eigenvalue weighted by molar-refractivity contribution is 5.77. The molecule has 0 saturated carbocycles. The van der Waals surface area contributed by atoms with Gasteiger partial charge in [0.05, 0.1) is 6.61 Å². The van der Waals surface area contributed by atoms with Crippen molar-refractivity contribution in [3.05, 3.63) is 46.6 Å². The predicted molar refractivity (Wildman–Crippen MR) is 95.4 cm³/mol. The number of nitrogens with one attached hydrogen (secondary N) is 1. The van der Waals surface area contributed by atoms with Gasteiger partial charge in [-0.05, 0) is 18.2 Å². The van der Waals surface area contributed by atoms with E-state index in [1.165, 1.54) is 12.1 Å². The summed E-state index contributed by atoms with van der Waals surface area (Å²) < 4.78 is 10.9. The van der Waals surface area contributed by atoms with Crippen molar-refractivity contribution in [2.45, 2.75) is 30.7 Å². The first-order chi connectivity index (χ1) is 13.5. The van der Waals surface area contributed by atoms with Crippen molar-refractivity contribution in [3.63, 3.8) is 0 Å². The summed E-state index contributed by atoms with van der Waals surface area (Å²) >= 11 is 0. The molecule has 1 aromatic carbocycles. The van der Waals surface area contributed by atoms with Crippen LogP contribution in [0.5, 0.6) is 0 Å². The molecule has 10 heteroatoms. The Morgan fingerprint density at radius 2 is 1.89 bits per heavy atom. The number of hydrogen-bond acceptors (Lipinski definition) is 10. The SMILES string of the molecule is O=c1cc2oc3ccccc3nc-2cc1NO[C@@H]1O[C@H](CO)[C@@H](O)[C@H](O)[C@H]1O. The topological polar surface area (TPSA) is 155 Å². The quantitative estimate of drug-likeness (QED) is 0.289. The first-order valence-corrected chi connectivity index (χ1v) is 8.54. The van der Waals surface area contributed by atoms with Gasteiger partial charge in [0.1, 0.15) is 41.3 Å². The van der Waals surface area contributed by atoms with Crippen molar-refractivity contribution in [1.82, 2.24) is 4.98 Å². The fourth-order valence-electron chi connectivity index (χ4n) is 2.97. The Balaban J connectivity index is 1.58. The summed E-state index contributed by atoms with van der Waals surface area (Å²) in [5.41, 5.74) is 3.46. The van der Waals surface area contributed by atoms with Gasteiger partial charge in [-0.25, -0.2) is 9.82 Å². The second-order valence-corrected chi connectivity index (χ2v) is 6.41. The van der Waals surface area contributed by atoms with Crippen LogP contribution < -0.4 is 10.9 Å². The highest BCUT2D eigenvalue weighted by atomic mass is 16.8. The Morgan fingerprint density at radius 3 is 2.68 bits per heavy atom. The fourth-order valence-corrected chi connectivity index (χ4v) is 2.97. The summed E-state index contributed by atoms with van der Waals surface area (Å²) in [6, 6.07) is 9.76. The Labute approximate surface area is 157 Å². The van der Waals surface area contributed by atoms with Gasteiger partial charge >= 0.3 is 0 Å². The number of para-hydroxylation sites is 2. The molecule has 5 N–H and O–H groups in total. The number of ether oxygens (including phenoxy) is 1. The zero-order valence-corrected chi connectivity index (χ0v) is 14.4. The number of anilines is 1. The van der Waals surface area contributed by atoms with E-state index in [1.807, 2.05) is 0 Å². The van der Waals surface area contributed by atoms with E-state index in [0.717, 1.165) is 0 Å². The average molecular weight is 390 g/mol. The van der Waals surface area contributed by atoms with E-state index in [-0.39, 0.29) is 5.69 Å². The molecule has 10 nitrogen and oxygen atoms in total. The maximum absolute atomic E-state index is 12.3.